The summed E-state index contributed by atoms with van der Waals surface area (Å²) < 4.78 is 0. The molecule has 0 rings (SSSR count). The van der Waals surface area contributed by atoms with Crippen molar-refractivity contribution in [3.8, 4) is 0 Å². The van der Waals surface area contributed by atoms with Gasteiger partial charge in [0.1, 0.15) is 12.2 Å². The quantitative estimate of drug-likeness (QED) is 0.240. The zero-order valence-corrected chi connectivity index (χ0v) is 18.0. The fourth-order valence-electron chi connectivity index (χ4n) is 3.46. The van der Waals surface area contributed by atoms with Crippen LogP contribution in [0.2, 0.25) is 0 Å². The maximum absolute atomic E-state index is 9.84. The summed E-state index contributed by atoms with van der Waals surface area (Å²) in [5, 5.41) is 37.6. The normalized spacial score (nSPS) is 15.2. The summed E-state index contributed by atoms with van der Waals surface area (Å²) >= 11 is 0. The minimum absolute atomic E-state index is 0.302. The number of hydrogen-bond acceptors (Lipinski definition) is 5. The Morgan fingerprint density at radius 3 is 1.44 bits per heavy atom. The Hall–Kier alpha value is -0.200. The van der Waals surface area contributed by atoms with E-state index in [9.17, 15) is 15.3 Å². The van der Waals surface area contributed by atoms with Crippen molar-refractivity contribution in [1.29, 1.82) is 0 Å². The maximum Gasteiger partial charge on any atom is 0.109 e. The van der Waals surface area contributed by atoms with Gasteiger partial charge in [-0.05, 0) is 20.0 Å². The van der Waals surface area contributed by atoms with Crippen LogP contribution >= 0.6 is 0 Å². The van der Waals surface area contributed by atoms with Crippen molar-refractivity contribution < 1.29 is 20.4 Å². The van der Waals surface area contributed by atoms with Gasteiger partial charge in [0.2, 0.25) is 0 Å². The Morgan fingerprint density at radius 1 is 0.630 bits per heavy atom. The van der Waals surface area contributed by atoms with Crippen LogP contribution < -0.4 is 0 Å². The fraction of sp³-hybridized carbons (Fsp3) is 1.00. The van der Waals surface area contributed by atoms with E-state index >= 15 is 0 Å². The van der Waals surface area contributed by atoms with Gasteiger partial charge in [-0.2, -0.15) is 0 Å². The summed E-state index contributed by atoms with van der Waals surface area (Å²) in [6.45, 7) is 2.90. The lowest BCUT2D eigenvalue weighted by Crippen LogP contribution is -2.45. The van der Waals surface area contributed by atoms with Crippen LogP contribution in [0.4, 0.5) is 0 Å². The summed E-state index contributed by atoms with van der Waals surface area (Å²) in [6.07, 6.45) is 15.1. The van der Waals surface area contributed by atoms with Gasteiger partial charge < -0.3 is 25.3 Å². The first kappa shape index (κ1) is 26.8. The van der Waals surface area contributed by atoms with E-state index in [0.717, 1.165) is 13.0 Å². The molecule has 0 unspecified atom stereocenters. The third-order valence-corrected chi connectivity index (χ3v) is 5.37. The van der Waals surface area contributed by atoms with Crippen molar-refractivity contribution in [2.75, 3.05) is 26.7 Å². The molecule has 4 N–H and O–H groups in total. The van der Waals surface area contributed by atoms with Crippen LogP contribution in [-0.2, 0) is 0 Å². The first-order valence-corrected chi connectivity index (χ1v) is 11.4. The van der Waals surface area contributed by atoms with Crippen LogP contribution in [0, 0.1) is 0 Å². The van der Waals surface area contributed by atoms with Gasteiger partial charge in [-0.1, -0.05) is 90.4 Å². The molecule has 0 aliphatic heterocycles. The smallest absolute Gasteiger partial charge is 0.109 e. The third-order valence-electron chi connectivity index (χ3n) is 5.37. The van der Waals surface area contributed by atoms with Crippen LogP contribution in [-0.4, -0.2) is 70.4 Å². The van der Waals surface area contributed by atoms with E-state index in [4.69, 9.17) is 5.11 Å². The van der Waals surface area contributed by atoms with Gasteiger partial charge >= 0.3 is 0 Å². The zero-order chi connectivity index (χ0) is 20.3. The van der Waals surface area contributed by atoms with Gasteiger partial charge in [-0.25, -0.2) is 0 Å². The molecule has 0 heterocycles. The van der Waals surface area contributed by atoms with Crippen molar-refractivity contribution in [2.45, 2.75) is 115 Å². The number of hydrogen-bond donors (Lipinski definition) is 4. The molecule has 0 aliphatic carbocycles. The highest BCUT2D eigenvalue weighted by atomic mass is 16.4. The van der Waals surface area contributed by atoms with E-state index in [1.165, 1.54) is 83.5 Å². The molecule has 0 aliphatic rings. The van der Waals surface area contributed by atoms with E-state index < -0.39 is 24.9 Å². The molecule has 3 atom stereocenters. The van der Waals surface area contributed by atoms with Crippen LogP contribution in [0.5, 0.6) is 0 Å². The van der Waals surface area contributed by atoms with Crippen molar-refractivity contribution in [1.82, 2.24) is 4.90 Å². The molecule has 0 spiro atoms. The number of aliphatic hydroxyl groups excluding tert-OH is 4. The first-order chi connectivity index (χ1) is 13.0. The number of likely N-dealkylation sites (N-methyl/N-ethyl adjacent to an activating group) is 1. The zero-order valence-electron chi connectivity index (χ0n) is 18.0. The molecular formula is C22H47NO4. The van der Waals surface area contributed by atoms with E-state index in [-0.39, 0.29) is 0 Å². The lowest BCUT2D eigenvalue weighted by Gasteiger charge is -2.26. The van der Waals surface area contributed by atoms with Gasteiger partial charge in [-0.15, -0.1) is 0 Å². The summed E-state index contributed by atoms with van der Waals surface area (Å²) in [6, 6.07) is 0. The predicted octanol–water partition coefficient (Wildman–Crippen LogP) is 3.47. The molecule has 0 radical (unpaired) electrons. The molecule has 0 aromatic heterocycles. The number of nitrogens with zero attached hydrogens (tertiary/aromatic N) is 1. The largest absolute Gasteiger partial charge is 0.394 e. The van der Waals surface area contributed by atoms with Crippen LogP contribution in [0.15, 0.2) is 0 Å². The topological polar surface area (TPSA) is 84.2 Å². The molecule has 164 valence electrons. The standard InChI is InChI=1S/C22H47NO4/c1-3-4-5-6-7-8-9-10-11-12-13-14-15-16-17-23(2)18-20(25)22(27)21(26)19-24/h20-22,24-27H,3-19H2,1-2H3/t20-,21-,22+/m1/s1. The Morgan fingerprint density at radius 2 is 1.04 bits per heavy atom. The highest BCUT2D eigenvalue weighted by Gasteiger charge is 2.24. The fourth-order valence-corrected chi connectivity index (χ4v) is 3.46. The Kier molecular flexibility index (Phi) is 19.0. The summed E-state index contributed by atoms with van der Waals surface area (Å²) in [5.41, 5.74) is 0. The molecule has 0 saturated heterocycles. The van der Waals surface area contributed by atoms with Crippen molar-refractivity contribution in [3.63, 3.8) is 0 Å². The van der Waals surface area contributed by atoms with Gasteiger partial charge in [0.15, 0.2) is 0 Å². The average molecular weight is 390 g/mol. The van der Waals surface area contributed by atoms with Crippen LogP contribution in [0.1, 0.15) is 96.8 Å². The van der Waals surface area contributed by atoms with Crippen LogP contribution in [0.25, 0.3) is 0 Å². The second-order valence-corrected chi connectivity index (χ2v) is 8.17. The predicted molar refractivity (Wildman–Crippen MR) is 113 cm³/mol. The van der Waals surface area contributed by atoms with E-state index in [2.05, 4.69) is 6.92 Å². The molecular weight excluding hydrogens is 342 g/mol. The minimum atomic E-state index is -1.30. The lowest BCUT2D eigenvalue weighted by atomic mass is 10.0. The highest BCUT2D eigenvalue weighted by Crippen LogP contribution is 2.13. The molecule has 0 amide bonds. The van der Waals surface area contributed by atoms with Crippen molar-refractivity contribution in [2.24, 2.45) is 0 Å². The first-order valence-electron chi connectivity index (χ1n) is 11.4. The minimum Gasteiger partial charge on any atom is -0.394 e. The molecule has 5 heteroatoms. The molecule has 0 bridgehead atoms. The molecule has 5 nitrogen and oxygen atoms in total. The van der Waals surface area contributed by atoms with E-state index in [1.807, 2.05) is 11.9 Å². The second kappa shape index (κ2) is 19.1. The van der Waals surface area contributed by atoms with Crippen molar-refractivity contribution >= 4 is 0 Å². The molecule has 0 aromatic rings. The summed E-state index contributed by atoms with van der Waals surface area (Å²) in [7, 11) is 1.91. The second-order valence-electron chi connectivity index (χ2n) is 8.17. The number of rotatable bonds is 20. The third kappa shape index (κ3) is 16.5. The molecule has 0 aromatic carbocycles. The Labute approximate surface area is 167 Å². The van der Waals surface area contributed by atoms with Crippen molar-refractivity contribution in [3.05, 3.63) is 0 Å². The number of unbranched alkanes of at least 4 members (excludes halogenated alkanes) is 13. The van der Waals surface area contributed by atoms with E-state index in [0.29, 0.717) is 6.54 Å². The number of aliphatic hydroxyl groups is 4. The molecule has 0 fully saturated rings. The van der Waals surface area contributed by atoms with Gasteiger partial charge in [0.05, 0.1) is 12.7 Å². The Bertz CT molecular complexity index is 304. The monoisotopic (exact) mass is 389 g/mol. The maximum atomic E-state index is 9.84. The molecule has 27 heavy (non-hydrogen) atoms. The Balaban J connectivity index is 3.36. The van der Waals surface area contributed by atoms with Crippen LogP contribution in [0.3, 0.4) is 0 Å². The average Bonchev–Trinajstić information content (AvgIpc) is 2.66. The SMILES string of the molecule is CCCCCCCCCCCCCCCCN(C)C[C@@H](O)[C@H](O)[C@H](O)CO. The summed E-state index contributed by atoms with van der Waals surface area (Å²) in [5.74, 6) is 0. The summed E-state index contributed by atoms with van der Waals surface area (Å²) in [4.78, 5) is 1.97. The highest BCUT2D eigenvalue weighted by molar-refractivity contribution is 4.76. The van der Waals surface area contributed by atoms with Gasteiger partial charge in [-0.3, -0.25) is 0 Å². The van der Waals surface area contributed by atoms with Gasteiger partial charge in [0, 0.05) is 6.54 Å². The van der Waals surface area contributed by atoms with E-state index in [1.54, 1.807) is 0 Å². The molecule has 0 saturated carbocycles. The lowest BCUT2D eigenvalue weighted by molar-refractivity contribution is -0.0826. The van der Waals surface area contributed by atoms with Gasteiger partial charge in [0.25, 0.3) is 0 Å².